The maximum atomic E-state index is 12.6. The first-order valence-electron chi connectivity index (χ1n) is 6.86. The first-order chi connectivity index (χ1) is 8.44. The zero-order valence-corrected chi connectivity index (χ0v) is 11.6. The summed E-state index contributed by atoms with van der Waals surface area (Å²) in [5.74, 6) is 0.716. The van der Waals surface area contributed by atoms with E-state index in [1.807, 2.05) is 0 Å². The van der Waals surface area contributed by atoms with Crippen LogP contribution in [-0.2, 0) is 0 Å². The maximum Gasteiger partial charge on any atom is 0.401 e. The maximum absolute atomic E-state index is 12.6. The number of nitrogens with zero attached hydrogens (tertiary/aromatic N) is 1. The Balaban J connectivity index is 1.98. The van der Waals surface area contributed by atoms with E-state index in [4.69, 9.17) is 0 Å². The molecule has 0 atom stereocenters. The Labute approximate surface area is 113 Å². The van der Waals surface area contributed by atoms with Crippen molar-refractivity contribution >= 4 is 12.6 Å². The van der Waals surface area contributed by atoms with Gasteiger partial charge < -0.3 is 0 Å². The summed E-state index contributed by atoms with van der Waals surface area (Å²) in [4.78, 5) is 1.67. The number of alkyl halides is 3. The fourth-order valence-electron chi connectivity index (χ4n) is 3.08. The molecule has 0 aromatic carbocycles. The average molecular weight is 281 g/mol. The second-order valence-electron chi connectivity index (χ2n) is 5.97. The predicted molar refractivity (Wildman–Crippen MR) is 70.0 cm³/mol. The zero-order valence-electron chi connectivity index (χ0n) is 10.7. The normalized spacial score (nSPS) is 24.5. The van der Waals surface area contributed by atoms with Crippen LogP contribution in [0.5, 0.6) is 0 Å². The summed E-state index contributed by atoms with van der Waals surface area (Å²) in [6, 6.07) is 0.172. The van der Waals surface area contributed by atoms with E-state index in [-0.39, 0.29) is 11.5 Å². The summed E-state index contributed by atoms with van der Waals surface area (Å²) >= 11 is 4.42. The highest BCUT2D eigenvalue weighted by Gasteiger charge is 2.42. The van der Waals surface area contributed by atoms with E-state index < -0.39 is 12.7 Å². The summed E-state index contributed by atoms with van der Waals surface area (Å²) in [5.41, 5.74) is 0.0230. The molecule has 0 unspecified atom stereocenters. The Morgan fingerprint density at radius 1 is 1.11 bits per heavy atom. The molecule has 0 aromatic heterocycles. The average Bonchev–Trinajstić information content (AvgIpc) is 3.11. The van der Waals surface area contributed by atoms with Crippen LogP contribution in [0.2, 0.25) is 0 Å². The molecule has 5 heteroatoms. The topological polar surface area (TPSA) is 3.24 Å². The summed E-state index contributed by atoms with van der Waals surface area (Å²) < 4.78 is 37.8. The van der Waals surface area contributed by atoms with Gasteiger partial charge in [0.1, 0.15) is 0 Å². The second kappa shape index (κ2) is 5.61. The van der Waals surface area contributed by atoms with E-state index in [1.165, 1.54) is 6.42 Å². The molecule has 0 amide bonds. The fourth-order valence-corrected chi connectivity index (χ4v) is 3.50. The minimum atomic E-state index is -4.07. The minimum Gasteiger partial charge on any atom is -0.291 e. The number of hydrogen-bond donors (Lipinski definition) is 1. The van der Waals surface area contributed by atoms with Crippen LogP contribution in [0.1, 0.15) is 44.9 Å². The molecule has 2 aliphatic carbocycles. The molecular weight excluding hydrogens is 259 g/mol. The second-order valence-corrected chi connectivity index (χ2v) is 6.29. The first kappa shape index (κ1) is 14.5. The SMILES string of the molecule is FC(F)(F)CN(CC1(CS)CCCCC1)C1CC1. The van der Waals surface area contributed by atoms with Crippen molar-refractivity contribution in [3.63, 3.8) is 0 Å². The molecule has 0 aromatic rings. The molecule has 0 radical (unpaired) electrons. The van der Waals surface area contributed by atoms with Crippen molar-refractivity contribution < 1.29 is 13.2 Å². The van der Waals surface area contributed by atoms with Crippen LogP contribution in [0.3, 0.4) is 0 Å². The lowest BCUT2D eigenvalue weighted by Gasteiger charge is -2.40. The van der Waals surface area contributed by atoms with Crippen molar-refractivity contribution in [1.82, 2.24) is 4.90 Å². The minimum absolute atomic E-state index is 0.0230. The summed E-state index contributed by atoms with van der Waals surface area (Å²) in [7, 11) is 0. The van der Waals surface area contributed by atoms with Gasteiger partial charge in [-0.25, -0.2) is 0 Å². The molecule has 106 valence electrons. The molecule has 2 aliphatic rings. The molecule has 2 saturated carbocycles. The number of rotatable bonds is 5. The van der Waals surface area contributed by atoms with E-state index in [1.54, 1.807) is 4.90 Å². The van der Waals surface area contributed by atoms with Crippen molar-refractivity contribution in [2.75, 3.05) is 18.8 Å². The molecule has 0 N–H and O–H groups in total. The lowest BCUT2D eigenvalue weighted by atomic mass is 9.75. The van der Waals surface area contributed by atoms with Crippen LogP contribution in [0.15, 0.2) is 0 Å². The van der Waals surface area contributed by atoms with Gasteiger partial charge in [-0.1, -0.05) is 19.3 Å². The lowest BCUT2D eigenvalue weighted by molar-refractivity contribution is -0.150. The largest absolute Gasteiger partial charge is 0.401 e. The molecule has 18 heavy (non-hydrogen) atoms. The Morgan fingerprint density at radius 3 is 2.17 bits per heavy atom. The molecule has 1 nitrogen and oxygen atoms in total. The van der Waals surface area contributed by atoms with Crippen LogP contribution < -0.4 is 0 Å². The van der Waals surface area contributed by atoms with E-state index in [9.17, 15) is 13.2 Å². The van der Waals surface area contributed by atoms with Gasteiger partial charge in [0, 0.05) is 12.6 Å². The van der Waals surface area contributed by atoms with Crippen molar-refractivity contribution in [2.45, 2.75) is 57.2 Å². The summed E-state index contributed by atoms with van der Waals surface area (Å²) in [6.07, 6.45) is 3.37. The van der Waals surface area contributed by atoms with Gasteiger partial charge in [0.15, 0.2) is 0 Å². The van der Waals surface area contributed by atoms with E-state index in [2.05, 4.69) is 12.6 Å². The van der Waals surface area contributed by atoms with Crippen molar-refractivity contribution in [3.8, 4) is 0 Å². The lowest BCUT2D eigenvalue weighted by Crippen LogP contribution is -2.45. The van der Waals surface area contributed by atoms with E-state index in [0.717, 1.165) is 38.5 Å². The quantitative estimate of drug-likeness (QED) is 0.748. The third-order valence-electron chi connectivity index (χ3n) is 4.23. The van der Waals surface area contributed by atoms with E-state index >= 15 is 0 Å². The van der Waals surface area contributed by atoms with Gasteiger partial charge in [-0.2, -0.15) is 25.8 Å². The Hall–Kier alpha value is 0.100. The fraction of sp³-hybridized carbons (Fsp3) is 1.00. The highest BCUT2D eigenvalue weighted by Crippen LogP contribution is 2.41. The van der Waals surface area contributed by atoms with Gasteiger partial charge in [-0.05, 0) is 36.9 Å². The molecule has 2 rings (SSSR count). The third kappa shape index (κ3) is 4.05. The highest BCUT2D eigenvalue weighted by atomic mass is 32.1. The molecule has 0 heterocycles. The molecular formula is C13H22F3NS. The van der Waals surface area contributed by atoms with Crippen LogP contribution in [0.4, 0.5) is 13.2 Å². The van der Waals surface area contributed by atoms with Crippen LogP contribution in [0.25, 0.3) is 0 Å². The van der Waals surface area contributed by atoms with Gasteiger partial charge in [0.2, 0.25) is 0 Å². The van der Waals surface area contributed by atoms with Gasteiger partial charge in [-0.15, -0.1) is 0 Å². The van der Waals surface area contributed by atoms with Crippen LogP contribution >= 0.6 is 12.6 Å². The first-order valence-corrected chi connectivity index (χ1v) is 7.49. The van der Waals surface area contributed by atoms with Crippen LogP contribution in [0, 0.1) is 5.41 Å². The highest BCUT2D eigenvalue weighted by molar-refractivity contribution is 7.80. The van der Waals surface area contributed by atoms with Gasteiger partial charge in [0.25, 0.3) is 0 Å². The molecule has 0 spiro atoms. The summed E-state index contributed by atoms with van der Waals surface area (Å²) in [5, 5.41) is 0. The Morgan fingerprint density at radius 2 is 1.72 bits per heavy atom. The Kier molecular flexibility index (Phi) is 4.52. The van der Waals surface area contributed by atoms with Crippen molar-refractivity contribution in [3.05, 3.63) is 0 Å². The van der Waals surface area contributed by atoms with Gasteiger partial charge in [0.05, 0.1) is 6.54 Å². The standard InChI is InChI=1S/C13H22F3NS/c14-13(15,16)9-17(11-4-5-11)8-12(10-18)6-2-1-3-7-12/h11,18H,1-10H2. The van der Waals surface area contributed by atoms with Crippen molar-refractivity contribution in [2.24, 2.45) is 5.41 Å². The van der Waals surface area contributed by atoms with Gasteiger partial charge >= 0.3 is 6.18 Å². The zero-order chi connectivity index (χ0) is 13.2. The monoisotopic (exact) mass is 281 g/mol. The summed E-state index contributed by atoms with van der Waals surface area (Å²) in [6.45, 7) is -0.159. The number of hydrogen-bond acceptors (Lipinski definition) is 2. The smallest absolute Gasteiger partial charge is 0.291 e. The molecule has 0 bridgehead atoms. The number of halogens is 3. The van der Waals surface area contributed by atoms with Crippen LogP contribution in [-0.4, -0.2) is 36.0 Å². The molecule has 0 saturated heterocycles. The Bertz CT molecular complexity index is 270. The van der Waals surface area contributed by atoms with E-state index in [0.29, 0.717) is 12.3 Å². The van der Waals surface area contributed by atoms with Crippen molar-refractivity contribution in [1.29, 1.82) is 0 Å². The molecule has 0 aliphatic heterocycles. The molecule has 2 fully saturated rings. The van der Waals surface area contributed by atoms with Gasteiger partial charge in [-0.3, -0.25) is 4.90 Å². The number of thiol groups is 1. The predicted octanol–water partition coefficient (Wildman–Crippen LogP) is 3.89. The third-order valence-corrected chi connectivity index (χ3v) is 4.90.